The zero-order valence-corrected chi connectivity index (χ0v) is 6.39. The van der Waals surface area contributed by atoms with Gasteiger partial charge < -0.3 is 0 Å². The van der Waals surface area contributed by atoms with Gasteiger partial charge in [0.1, 0.15) is 5.41 Å². The predicted molar refractivity (Wildman–Crippen MR) is 37.2 cm³/mol. The van der Waals surface area contributed by atoms with Crippen LogP contribution in [0.2, 0.25) is 0 Å². The first-order chi connectivity index (χ1) is 5.17. The lowest BCUT2D eigenvalue weighted by Gasteiger charge is -2.31. The standard InChI is InChI=1S/C7H10N2O2/c1-9-6(11)7(3-2-4-7)5(10)8-9/h2-4H2,1H3,(H,8,10). The van der Waals surface area contributed by atoms with E-state index in [-0.39, 0.29) is 11.8 Å². The van der Waals surface area contributed by atoms with Crippen LogP contribution in [0.1, 0.15) is 19.3 Å². The molecule has 1 aliphatic heterocycles. The van der Waals surface area contributed by atoms with E-state index in [1.165, 1.54) is 5.01 Å². The van der Waals surface area contributed by atoms with Crippen LogP contribution in [0.5, 0.6) is 0 Å². The van der Waals surface area contributed by atoms with Crippen LogP contribution >= 0.6 is 0 Å². The lowest BCUT2D eigenvalue weighted by molar-refractivity contribution is -0.143. The van der Waals surface area contributed by atoms with Crippen molar-refractivity contribution in [1.82, 2.24) is 10.4 Å². The first-order valence-electron chi connectivity index (χ1n) is 3.76. The van der Waals surface area contributed by atoms with Gasteiger partial charge in [-0.2, -0.15) is 0 Å². The molecule has 1 heterocycles. The normalized spacial score (nSPS) is 27.2. The molecule has 2 amide bonds. The van der Waals surface area contributed by atoms with Crippen LogP contribution in [0.15, 0.2) is 0 Å². The van der Waals surface area contributed by atoms with Crippen LogP contribution in [0.4, 0.5) is 0 Å². The molecule has 1 saturated heterocycles. The summed E-state index contributed by atoms with van der Waals surface area (Å²) in [4.78, 5) is 22.6. The van der Waals surface area contributed by atoms with E-state index < -0.39 is 5.41 Å². The highest BCUT2D eigenvalue weighted by Gasteiger charge is 2.56. The molecule has 0 aromatic carbocycles. The summed E-state index contributed by atoms with van der Waals surface area (Å²) in [7, 11) is 1.59. The molecule has 0 unspecified atom stereocenters. The molecule has 2 rings (SSSR count). The molecule has 0 radical (unpaired) electrons. The number of hydrazine groups is 1. The molecule has 60 valence electrons. The summed E-state index contributed by atoms with van der Waals surface area (Å²) in [6.45, 7) is 0. The minimum Gasteiger partial charge on any atom is -0.272 e. The number of hydrogen-bond acceptors (Lipinski definition) is 2. The Bertz CT molecular complexity index is 233. The van der Waals surface area contributed by atoms with Crippen LogP contribution in [0.25, 0.3) is 0 Å². The summed E-state index contributed by atoms with van der Waals surface area (Å²) < 4.78 is 0. The Morgan fingerprint density at radius 3 is 2.27 bits per heavy atom. The van der Waals surface area contributed by atoms with Crippen molar-refractivity contribution in [3.63, 3.8) is 0 Å². The first kappa shape index (κ1) is 6.64. The van der Waals surface area contributed by atoms with Gasteiger partial charge in [0.05, 0.1) is 0 Å². The van der Waals surface area contributed by atoms with Gasteiger partial charge in [0, 0.05) is 7.05 Å². The van der Waals surface area contributed by atoms with E-state index in [4.69, 9.17) is 0 Å². The zero-order chi connectivity index (χ0) is 8.06. The third kappa shape index (κ3) is 0.593. The van der Waals surface area contributed by atoms with Gasteiger partial charge in [-0.15, -0.1) is 0 Å². The van der Waals surface area contributed by atoms with E-state index in [1.54, 1.807) is 7.05 Å². The van der Waals surface area contributed by atoms with Crippen LogP contribution in [-0.2, 0) is 9.59 Å². The Hall–Kier alpha value is -1.06. The van der Waals surface area contributed by atoms with Crippen molar-refractivity contribution in [2.75, 3.05) is 7.05 Å². The highest BCUT2D eigenvalue weighted by atomic mass is 16.2. The Morgan fingerprint density at radius 1 is 1.45 bits per heavy atom. The largest absolute Gasteiger partial charge is 0.272 e. The molecule has 1 N–H and O–H groups in total. The number of nitrogens with one attached hydrogen (secondary N) is 1. The summed E-state index contributed by atoms with van der Waals surface area (Å²) in [6, 6.07) is 0. The molecule has 4 heteroatoms. The molecule has 1 aliphatic carbocycles. The van der Waals surface area contributed by atoms with E-state index in [0.717, 1.165) is 19.3 Å². The second-order valence-electron chi connectivity index (χ2n) is 3.24. The van der Waals surface area contributed by atoms with Gasteiger partial charge in [-0.05, 0) is 12.8 Å². The molecule has 11 heavy (non-hydrogen) atoms. The van der Waals surface area contributed by atoms with Gasteiger partial charge in [0.15, 0.2) is 0 Å². The first-order valence-corrected chi connectivity index (χ1v) is 3.76. The number of nitrogens with zero attached hydrogens (tertiary/aromatic N) is 1. The summed E-state index contributed by atoms with van der Waals surface area (Å²) in [6.07, 6.45) is 2.44. The monoisotopic (exact) mass is 154 g/mol. The smallest absolute Gasteiger partial charge is 0.256 e. The van der Waals surface area contributed by atoms with Gasteiger partial charge in [-0.25, -0.2) is 0 Å². The van der Waals surface area contributed by atoms with Gasteiger partial charge >= 0.3 is 0 Å². The molecule has 0 bridgehead atoms. The fourth-order valence-corrected chi connectivity index (χ4v) is 1.70. The number of amides is 2. The van der Waals surface area contributed by atoms with Crippen molar-refractivity contribution in [2.24, 2.45) is 5.41 Å². The van der Waals surface area contributed by atoms with Crippen molar-refractivity contribution in [3.05, 3.63) is 0 Å². The fraction of sp³-hybridized carbons (Fsp3) is 0.714. The van der Waals surface area contributed by atoms with Crippen LogP contribution in [0, 0.1) is 5.41 Å². The molecule has 2 aliphatic rings. The molecule has 0 aromatic rings. The molecule has 0 atom stereocenters. The van der Waals surface area contributed by atoms with Crippen molar-refractivity contribution in [2.45, 2.75) is 19.3 Å². The number of rotatable bonds is 0. The van der Waals surface area contributed by atoms with Crippen molar-refractivity contribution >= 4 is 11.8 Å². The van der Waals surface area contributed by atoms with E-state index in [9.17, 15) is 9.59 Å². The average molecular weight is 154 g/mol. The summed E-state index contributed by atoms with van der Waals surface area (Å²) >= 11 is 0. The van der Waals surface area contributed by atoms with Gasteiger partial charge in [0.2, 0.25) is 0 Å². The minimum absolute atomic E-state index is 0.0613. The number of carbonyl (C=O) groups excluding carboxylic acids is 2. The molecule has 2 fully saturated rings. The molecular formula is C7H10N2O2. The number of carbonyl (C=O) groups is 2. The Morgan fingerprint density at radius 2 is 2.09 bits per heavy atom. The fourth-order valence-electron chi connectivity index (χ4n) is 1.70. The molecular weight excluding hydrogens is 144 g/mol. The van der Waals surface area contributed by atoms with Crippen LogP contribution in [0.3, 0.4) is 0 Å². The van der Waals surface area contributed by atoms with Gasteiger partial charge in [-0.1, -0.05) is 6.42 Å². The van der Waals surface area contributed by atoms with Crippen molar-refractivity contribution in [1.29, 1.82) is 0 Å². The summed E-state index contributed by atoms with van der Waals surface area (Å²) in [5.74, 6) is -0.176. The highest BCUT2D eigenvalue weighted by Crippen LogP contribution is 2.44. The maximum absolute atomic E-state index is 11.4. The molecule has 1 spiro atoms. The lowest BCUT2D eigenvalue weighted by atomic mass is 9.68. The average Bonchev–Trinajstić information content (AvgIpc) is 2.03. The maximum atomic E-state index is 11.4. The maximum Gasteiger partial charge on any atom is 0.256 e. The Balaban J connectivity index is 2.32. The molecule has 4 nitrogen and oxygen atoms in total. The molecule has 0 aromatic heterocycles. The summed E-state index contributed by atoms with van der Waals surface area (Å²) in [5, 5.41) is 1.29. The quantitative estimate of drug-likeness (QED) is 0.485. The van der Waals surface area contributed by atoms with E-state index in [0.29, 0.717) is 0 Å². The van der Waals surface area contributed by atoms with Crippen LogP contribution in [-0.4, -0.2) is 23.9 Å². The van der Waals surface area contributed by atoms with Crippen molar-refractivity contribution < 1.29 is 9.59 Å². The SMILES string of the molecule is CN1NC(=O)C2(CCC2)C1=O. The lowest BCUT2D eigenvalue weighted by Crippen LogP contribution is -2.42. The van der Waals surface area contributed by atoms with E-state index in [1.807, 2.05) is 0 Å². The highest BCUT2D eigenvalue weighted by molar-refractivity contribution is 6.10. The van der Waals surface area contributed by atoms with Gasteiger partial charge in [-0.3, -0.25) is 20.0 Å². The van der Waals surface area contributed by atoms with E-state index in [2.05, 4.69) is 5.43 Å². The minimum atomic E-state index is -0.658. The van der Waals surface area contributed by atoms with E-state index >= 15 is 0 Å². The second kappa shape index (κ2) is 1.75. The van der Waals surface area contributed by atoms with Crippen molar-refractivity contribution in [3.8, 4) is 0 Å². The van der Waals surface area contributed by atoms with Crippen LogP contribution < -0.4 is 5.43 Å². The Labute approximate surface area is 64.5 Å². The topological polar surface area (TPSA) is 49.4 Å². The second-order valence-corrected chi connectivity index (χ2v) is 3.24. The zero-order valence-electron chi connectivity index (χ0n) is 6.39. The predicted octanol–water partition coefficient (Wildman–Crippen LogP) is -0.340. The third-order valence-corrected chi connectivity index (χ3v) is 2.63. The summed E-state index contributed by atoms with van der Waals surface area (Å²) in [5.41, 5.74) is 1.85. The third-order valence-electron chi connectivity index (χ3n) is 2.63. The van der Waals surface area contributed by atoms with Gasteiger partial charge in [0.25, 0.3) is 11.8 Å². The number of hydrogen-bond donors (Lipinski definition) is 1. The molecule has 1 saturated carbocycles. The Kier molecular flexibility index (Phi) is 1.06.